The van der Waals surface area contributed by atoms with Gasteiger partial charge in [0.15, 0.2) is 9.84 Å². The van der Waals surface area contributed by atoms with Crippen LogP contribution in [0.5, 0.6) is 0 Å². The van der Waals surface area contributed by atoms with Crippen molar-refractivity contribution >= 4 is 19.9 Å². The van der Waals surface area contributed by atoms with Crippen molar-refractivity contribution < 1.29 is 21.9 Å². The Hall–Kier alpha value is -0.180. The molecule has 0 spiro atoms. The van der Waals surface area contributed by atoms with Crippen LogP contribution in [0.25, 0.3) is 0 Å². The quantitative estimate of drug-likeness (QED) is 0.721. The Kier molecular flexibility index (Phi) is 3.74. The summed E-state index contributed by atoms with van der Waals surface area (Å²) in [5.74, 6) is -0.405. The van der Waals surface area contributed by atoms with E-state index in [9.17, 15) is 21.9 Å². The molecule has 2 rings (SSSR count). The molecule has 0 aromatic heterocycles. The van der Waals surface area contributed by atoms with Crippen molar-refractivity contribution in [2.24, 2.45) is 5.92 Å². The summed E-state index contributed by atoms with van der Waals surface area (Å²) in [6, 6.07) is 0. The number of aliphatic hydroxyl groups is 1. The predicted molar refractivity (Wildman–Crippen MR) is 67.3 cm³/mol. The summed E-state index contributed by atoms with van der Waals surface area (Å²) in [5.41, 5.74) is 0. The van der Waals surface area contributed by atoms with Crippen LogP contribution >= 0.6 is 0 Å². The lowest BCUT2D eigenvalue weighted by Gasteiger charge is -2.34. The lowest BCUT2D eigenvalue weighted by molar-refractivity contribution is 0.0626. The second-order valence-electron chi connectivity index (χ2n) is 5.26. The van der Waals surface area contributed by atoms with E-state index >= 15 is 0 Å². The fraction of sp³-hybridized carbons (Fsp3) is 1.00. The third-order valence-electron chi connectivity index (χ3n) is 3.79. The number of sulfonamides is 1. The summed E-state index contributed by atoms with van der Waals surface area (Å²) in [5, 5.41) is 8.79. The second-order valence-corrected chi connectivity index (χ2v) is 9.70. The van der Waals surface area contributed by atoms with Crippen LogP contribution in [0.1, 0.15) is 19.8 Å². The van der Waals surface area contributed by atoms with Gasteiger partial charge in [0.25, 0.3) is 0 Å². The van der Waals surface area contributed by atoms with E-state index in [1.165, 1.54) is 4.31 Å². The van der Waals surface area contributed by atoms with Crippen molar-refractivity contribution in [2.75, 3.05) is 24.6 Å². The molecule has 0 radical (unpaired) electrons. The van der Waals surface area contributed by atoms with Crippen molar-refractivity contribution in [3.8, 4) is 0 Å². The third-order valence-corrected chi connectivity index (χ3v) is 8.07. The first-order valence-corrected chi connectivity index (χ1v) is 9.42. The molecule has 0 bridgehead atoms. The van der Waals surface area contributed by atoms with E-state index in [2.05, 4.69) is 0 Å². The van der Waals surface area contributed by atoms with Crippen LogP contribution in [0, 0.1) is 5.92 Å². The monoisotopic (exact) mass is 297 g/mol. The average molecular weight is 297 g/mol. The van der Waals surface area contributed by atoms with Crippen LogP contribution in [0.3, 0.4) is 0 Å². The Balaban J connectivity index is 2.13. The van der Waals surface area contributed by atoms with Crippen LogP contribution < -0.4 is 0 Å². The van der Waals surface area contributed by atoms with E-state index in [-0.39, 0.29) is 36.9 Å². The normalized spacial score (nSPS) is 37.8. The first-order valence-electron chi connectivity index (χ1n) is 6.10. The average Bonchev–Trinajstić information content (AvgIpc) is 2.63. The Morgan fingerprint density at radius 1 is 1.28 bits per heavy atom. The summed E-state index contributed by atoms with van der Waals surface area (Å²) in [4.78, 5) is 0. The van der Waals surface area contributed by atoms with E-state index in [0.717, 1.165) is 0 Å². The zero-order chi connectivity index (χ0) is 13.6. The lowest BCUT2D eigenvalue weighted by atomic mass is 9.99. The van der Waals surface area contributed by atoms with Gasteiger partial charge in [0, 0.05) is 13.1 Å². The highest BCUT2D eigenvalue weighted by atomic mass is 32.2. The van der Waals surface area contributed by atoms with Crippen LogP contribution in [-0.2, 0) is 19.9 Å². The molecule has 0 amide bonds. The molecule has 2 heterocycles. The van der Waals surface area contributed by atoms with Crippen molar-refractivity contribution in [1.29, 1.82) is 0 Å². The van der Waals surface area contributed by atoms with Gasteiger partial charge < -0.3 is 5.11 Å². The van der Waals surface area contributed by atoms with Crippen LogP contribution in [0.15, 0.2) is 0 Å². The van der Waals surface area contributed by atoms with Crippen molar-refractivity contribution in [3.63, 3.8) is 0 Å². The maximum Gasteiger partial charge on any atom is 0.218 e. The molecule has 8 heteroatoms. The van der Waals surface area contributed by atoms with Crippen LogP contribution in [0.2, 0.25) is 0 Å². The van der Waals surface area contributed by atoms with E-state index in [0.29, 0.717) is 6.42 Å². The van der Waals surface area contributed by atoms with Crippen LogP contribution in [-0.4, -0.2) is 62.2 Å². The molecule has 2 fully saturated rings. The molecular formula is C10H19NO5S2. The predicted octanol–water partition coefficient (Wildman–Crippen LogP) is -0.794. The van der Waals surface area contributed by atoms with Crippen molar-refractivity contribution in [1.82, 2.24) is 4.31 Å². The molecule has 2 saturated heterocycles. The van der Waals surface area contributed by atoms with Gasteiger partial charge >= 0.3 is 0 Å². The molecule has 0 aliphatic carbocycles. The Morgan fingerprint density at radius 2 is 1.94 bits per heavy atom. The molecule has 0 aromatic rings. The minimum Gasteiger partial charge on any atom is -0.393 e. The van der Waals surface area contributed by atoms with Gasteiger partial charge in [0.1, 0.15) is 0 Å². The SMILES string of the molecule is CC1CN(S(=O)(=O)C2CCS(=O)(=O)C2)CCC1O. The fourth-order valence-electron chi connectivity index (χ4n) is 2.53. The van der Waals surface area contributed by atoms with Gasteiger partial charge in [-0.3, -0.25) is 0 Å². The van der Waals surface area contributed by atoms with Crippen molar-refractivity contribution in [3.05, 3.63) is 0 Å². The van der Waals surface area contributed by atoms with Gasteiger partial charge in [-0.25, -0.2) is 21.1 Å². The topological polar surface area (TPSA) is 91.8 Å². The minimum atomic E-state index is -3.55. The Bertz CT molecular complexity index is 512. The number of nitrogens with zero attached hydrogens (tertiary/aromatic N) is 1. The van der Waals surface area contributed by atoms with Gasteiger partial charge in [-0.2, -0.15) is 0 Å². The standard InChI is InChI=1S/C10H19NO5S2/c1-8-6-11(4-2-10(8)12)18(15,16)9-3-5-17(13,14)7-9/h8-10,12H,2-7H2,1H3. The Morgan fingerprint density at radius 3 is 2.44 bits per heavy atom. The van der Waals surface area contributed by atoms with Gasteiger partial charge in [-0.1, -0.05) is 6.92 Å². The molecule has 106 valence electrons. The van der Waals surface area contributed by atoms with Crippen LogP contribution in [0.4, 0.5) is 0 Å². The minimum absolute atomic E-state index is 0.0388. The molecule has 0 saturated carbocycles. The Labute approximate surface area is 108 Å². The molecule has 1 N–H and O–H groups in total. The third kappa shape index (κ3) is 2.71. The number of sulfone groups is 1. The molecule has 6 nitrogen and oxygen atoms in total. The molecule has 18 heavy (non-hydrogen) atoms. The highest BCUT2D eigenvalue weighted by molar-refractivity contribution is 7.95. The number of rotatable bonds is 2. The molecular weight excluding hydrogens is 278 g/mol. The first kappa shape index (κ1) is 14.2. The van der Waals surface area contributed by atoms with Gasteiger partial charge in [-0.15, -0.1) is 0 Å². The van der Waals surface area contributed by atoms with Gasteiger partial charge in [0.05, 0.1) is 22.9 Å². The lowest BCUT2D eigenvalue weighted by Crippen LogP contribution is -2.48. The largest absolute Gasteiger partial charge is 0.393 e. The van der Waals surface area contributed by atoms with Gasteiger partial charge in [-0.05, 0) is 18.8 Å². The summed E-state index contributed by atoms with van der Waals surface area (Å²) in [6.07, 6.45) is 0.140. The maximum atomic E-state index is 12.3. The van der Waals surface area contributed by atoms with E-state index < -0.39 is 31.2 Å². The zero-order valence-electron chi connectivity index (χ0n) is 10.3. The molecule has 2 aliphatic rings. The fourth-order valence-corrected chi connectivity index (χ4v) is 7.18. The smallest absolute Gasteiger partial charge is 0.218 e. The molecule has 3 unspecified atom stereocenters. The summed E-state index contributed by atoms with van der Waals surface area (Å²) < 4.78 is 48.7. The highest BCUT2D eigenvalue weighted by Gasteiger charge is 2.42. The van der Waals surface area contributed by atoms with Gasteiger partial charge in [0.2, 0.25) is 10.0 Å². The summed E-state index contributed by atoms with van der Waals surface area (Å²) in [7, 11) is -6.74. The highest BCUT2D eigenvalue weighted by Crippen LogP contribution is 2.26. The van der Waals surface area contributed by atoms with E-state index in [1.807, 2.05) is 0 Å². The van der Waals surface area contributed by atoms with E-state index in [1.54, 1.807) is 6.92 Å². The molecule has 3 atom stereocenters. The zero-order valence-corrected chi connectivity index (χ0v) is 12.0. The number of aliphatic hydroxyl groups excluding tert-OH is 1. The number of hydrogen-bond donors (Lipinski definition) is 1. The number of hydrogen-bond acceptors (Lipinski definition) is 5. The van der Waals surface area contributed by atoms with E-state index in [4.69, 9.17) is 0 Å². The number of piperidine rings is 1. The first-order chi connectivity index (χ1) is 8.22. The molecule has 2 aliphatic heterocycles. The summed E-state index contributed by atoms with van der Waals surface area (Å²) >= 11 is 0. The summed E-state index contributed by atoms with van der Waals surface area (Å²) in [6.45, 7) is 2.36. The molecule has 0 aromatic carbocycles. The van der Waals surface area contributed by atoms with Crippen molar-refractivity contribution in [2.45, 2.75) is 31.1 Å². The maximum absolute atomic E-state index is 12.3. The second kappa shape index (κ2) is 4.73.